The highest BCUT2D eigenvalue weighted by Crippen LogP contribution is 2.53. The lowest BCUT2D eigenvalue weighted by Crippen LogP contribution is -2.15. The van der Waals surface area contributed by atoms with Gasteiger partial charge in [-0.15, -0.1) is 0 Å². The van der Waals surface area contributed by atoms with E-state index in [1.165, 1.54) is 51.4 Å². The third-order valence-electron chi connectivity index (χ3n) is 11.2. The SMILES string of the molecule is CCCCC(CC)COc1ccc(OCC(CC)CCCC)c2c(OCC(CC)CCCC)c3c(Cl)c(Cl)ccc3c(OCC(CC)CCCC)c12. The Kier molecular flexibility index (Phi) is 20.8. The zero-order valence-electron chi connectivity index (χ0n) is 34.1. The van der Waals surface area contributed by atoms with Crippen LogP contribution in [0.4, 0.5) is 0 Å². The van der Waals surface area contributed by atoms with Crippen molar-refractivity contribution >= 4 is 44.7 Å². The van der Waals surface area contributed by atoms with Gasteiger partial charge in [-0.3, -0.25) is 0 Å². The van der Waals surface area contributed by atoms with E-state index in [2.05, 4.69) is 73.6 Å². The summed E-state index contributed by atoms with van der Waals surface area (Å²) in [4.78, 5) is 0. The molecular formula is C46H72Cl2O4. The summed E-state index contributed by atoms with van der Waals surface area (Å²) in [7, 11) is 0. The molecule has 4 atom stereocenters. The van der Waals surface area contributed by atoms with Crippen LogP contribution in [0, 0.1) is 23.7 Å². The lowest BCUT2D eigenvalue weighted by molar-refractivity contribution is 0.223. The summed E-state index contributed by atoms with van der Waals surface area (Å²) in [5.74, 6) is 4.91. The van der Waals surface area contributed by atoms with Crippen LogP contribution in [-0.4, -0.2) is 26.4 Å². The van der Waals surface area contributed by atoms with E-state index in [-0.39, 0.29) is 0 Å². The van der Waals surface area contributed by atoms with Crippen molar-refractivity contribution in [1.29, 1.82) is 0 Å². The summed E-state index contributed by atoms with van der Waals surface area (Å²) in [5.41, 5.74) is 0. The Morgan fingerprint density at radius 1 is 0.442 bits per heavy atom. The van der Waals surface area contributed by atoms with Crippen molar-refractivity contribution in [2.75, 3.05) is 26.4 Å². The normalized spacial score (nSPS) is 14.0. The van der Waals surface area contributed by atoms with E-state index in [4.69, 9.17) is 42.1 Å². The number of halogens is 2. The molecule has 0 saturated carbocycles. The fourth-order valence-corrected chi connectivity index (χ4v) is 7.59. The molecule has 3 rings (SSSR count). The molecule has 0 saturated heterocycles. The summed E-state index contributed by atoms with van der Waals surface area (Å²) in [6.45, 7) is 20.6. The Bertz CT molecular complexity index is 1460. The predicted octanol–water partition coefficient (Wildman–Crippen LogP) is 15.7. The highest BCUT2D eigenvalue weighted by atomic mass is 35.5. The number of unbranched alkanes of at least 4 members (excludes halogenated alkanes) is 4. The minimum Gasteiger partial charge on any atom is -0.493 e. The fraction of sp³-hybridized carbons (Fsp3) is 0.696. The van der Waals surface area contributed by atoms with Gasteiger partial charge in [-0.2, -0.15) is 0 Å². The molecule has 0 aliphatic heterocycles. The number of rotatable bonds is 28. The molecule has 0 amide bonds. The topological polar surface area (TPSA) is 36.9 Å². The van der Waals surface area contributed by atoms with Crippen molar-refractivity contribution < 1.29 is 18.9 Å². The molecule has 4 unspecified atom stereocenters. The van der Waals surface area contributed by atoms with Crippen molar-refractivity contribution in [1.82, 2.24) is 0 Å². The fourth-order valence-electron chi connectivity index (χ4n) is 7.18. The average molecular weight is 760 g/mol. The Hall–Kier alpha value is -2.04. The quantitative estimate of drug-likeness (QED) is 0.0691. The summed E-state index contributed by atoms with van der Waals surface area (Å²) in [6.07, 6.45) is 18.3. The summed E-state index contributed by atoms with van der Waals surface area (Å²) < 4.78 is 27.8. The minimum absolute atomic E-state index is 0.425. The van der Waals surface area contributed by atoms with Crippen LogP contribution in [0.5, 0.6) is 23.0 Å². The van der Waals surface area contributed by atoms with Crippen LogP contribution in [-0.2, 0) is 0 Å². The van der Waals surface area contributed by atoms with Gasteiger partial charge in [0.05, 0.1) is 47.2 Å². The minimum atomic E-state index is 0.425. The molecular weight excluding hydrogens is 687 g/mol. The second kappa shape index (κ2) is 24.4. The standard InChI is InChI=1S/C46H72Cl2O4/c1-9-17-21-33(13-5)29-49-39-27-28-40(50-30-34(14-6)22-18-10-2)43-42(39)45(51-31-35(15-7)23-19-11-3)37-25-26-38(47)44(48)41(37)46(43)52-32-36(16-8)24-20-12-4/h25-28,33-36H,9-24,29-32H2,1-8H3. The van der Waals surface area contributed by atoms with E-state index >= 15 is 0 Å². The van der Waals surface area contributed by atoms with Crippen LogP contribution < -0.4 is 18.9 Å². The van der Waals surface area contributed by atoms with Crippen LogP contribution in [0.2, 0.25) is 10.0 Å². The first-order valence-corrected chi connectivity index (χ1v) is 22.0. The van der Waals surface area contributed by atoms with Gasteiger partial charge in [-0.05, 0) is 73.6 Å². The van der Waals surface area contributed by atoms with Crippen molar-refractivity contribution in [3.05, 3.63) is 34.3 Å². The van der Waals surface area contributed by atoms with Gasteiger partial charge in [0.25, 0.3) is 0 Å². The monoisotopic (exact) mass is 758 g/mol. The molecule has 0 bridgehead atoms. The molecule has 0 fully saturated rings. The van der Waals surface area contributed by atoms with Crippen LogP contribution >= 0.6 is 23.2 Å². The maximum Gasteiger partial charge on any atom is 0.140 e. The maximum atomic E-state index is 7.22. The van der Waals surface area contributed by atoms with Crippen LogP contribution in [0.1, 0.15) is 158 Å². The number of benzene rings is 3. The van der Waals surface area contributed by atoms with Crippen molar-refractivity contribution in [3.63, 3.8) is 0 Å². The van der Waals surface area contributed by atoms with Crippen molar-refractivity contribution in [2.24, 2.45) is 23.7 Å². The second-order valence-electron chi connectivity index (χ2n) is 15.2. The van der Waals surface area contributed by atoms with Crippen molar-refractivity contribution in [3.8, 4) is 23.0 Å². The molecule has 0 aliphatic rings. The Morgan fingerprint density at radius 3 is 1.19 bits per heavy atom. The molecule has 0 aliphatic carbocycles. The van der Waals surface area contributed by atoms with E-state index in [1.54, 1.807) is 0 Å². The molecule has 0 aromatic heterocycles. The van der Waals surface area contributed by atoms with Gasteiger partial charge in [-0.1, -0.05) is 156 Å². The number of ether oxygens (including phenoxy) is 4. The molecule has 3 aromatic carbocycles. The third kappa shape index (κ3) is 12.5. The first-order valence-electron chi connectivity index (χ1n) is 21.2. The Morgan fingerprint density at radius 2 is 0.808 bits per heavy atom. The molecule has 0 N–H and O–H groups in total. The smallest absolute Gasteiger partial charge is 0.140 e. The van der Waals surface area contributed by atoms with E-state index < -0.39 is 0 Å². The van der Waals surface area contributed by atoms with Crippen molar-refractivity contribution in [2.45, 2.75) is 158 Å². The van der Waals surface area contributed by atoms with Gasteiger partial charge in [-0.25, -0.2) is 0 Å². The van der Waals surface area contributed by atoms with Crippen LogP contribution in [0.25, 0.3) is 21.5 Å². The molecule has 3 aromatic rings. The number of hydrogen-bond donors (Lipinski definition) is 0. The summed E-state index contributed by atoms with van der Waals surface area (Å²) in [6, 6.07) is 8.12. The van der Waals surface area contributed by atoms with E-state index in [0.717, 1.165) is 95.9 Å². The Labute approximate surface area is 328 Å². The lowest BCUT2D eigenvalue weighted by atomic mass is 9.97. The first-order chi connectivity index (χ1) is 25.3. The molecule has 4 nitrogen and oxygen atoms in total. The molecule has 0 spiro atoms. The van der Waals surface area contributed by atoms with Gasteiger partial charge in [0.2, 0.25) is 0 Å². The average Bonchev–Trinajstić information content (AvgIpc) is 3.16. The lowest BCUT2D eigenvalue weighted by Gasteiger charge is -2.26. The molecule has 0 heterocycles. The third-order valence-corrected chi connectivity index (χ3v) is 12.0. The van der Waals surface area contributed by atoms with Gasteiger partial charge in [0.1, 0.15) is 23.0 Å². The first kappa shape index (κ1) is 44.4. The van der Waals surface area contributed by atoms with Crippen LogP contribution in [0.3, 0.4) is 0 Å². The van der Waals surface area contributed by atoms with E-state index in [1.807, 2.05) is 6.07 Å². The van der Waals surface area contributed by atoms with Crippen LogP contribution in [0.15, 0.2) is 24.3 Å². The molecule has 0 radical (unpaired) electrons. The zero-order chi connectivity index (χ0) is 37.9. The number of fused-ring (bicyclic) bond motifs is 2. The summed E-state index contributed by atoms with van der Waals surface area (Å²) in [5, 5.41) is 4.47. The highest BCUT2D eigenvalue weighted by molar-refractivity contribution is 6.46. The molecule has 6 heteroatoms. The van der Waals surface area contributed by atoms with Gasteiger partial charge in [0, 0.05) is 10.8 Å². The highest BCUT2D eigenvalue weighted by Gasteiger charge is 2.27. The Balaban J connectivity index is 2.37. The molecule has 294 valence electrons. The summed E-state index contributed by atoms with van der Waals surface area (Å²) >= 11 is 14.1. The molecule has 52 heavy (non-hydrogen) atoms. The number of hydrogen-bond acceptors (Lipinski definition) is 4. The largest absolute Gasteiger partial charge is 0.493 e. The van der Waals surface area contributed by atoms with E-state index in [0.29, 0.717) is 60.1 Å². The van der Waals surface area contributed by atoms with Gasteiger partial charge < -0.3 is 18.9 Å². The predicted molar refractivity (Wildman–Crippen MR) is 227 cm³/mol. The second-order valence-corrected chi connectivity index (χ2v) is 15.9. The maximum absolute atomic E-state index is 7.22. The van der Waals surface area contributed by atoms with Gasteiger partial charge >= 0.3 is 0 Å². The van der Waals surface area contributed by atoms with E-state index in [9.17, 15) is 0 Å². The van der Waals surface area contributed by atoms with Gasteiger partial charge in [0.15, 0.2) is 0 Å². The zero-order valence-corrected chi connectivity index (χ0v) is 35.7.